The molecule has 0 aromatic rings. The lowest BCUT2D eigenvalue weighted by Gasteiger charge is -2.19. The number of carboxylic acid groups (broad SMARTS) is 1. The monoisotopic (exact) mass is 189 g/mol. The summed E-state index contributed by atoms with van der Waals surface area (Å²) in [7, 11) is 0. The Labute approximate surface area is 77.1 Å². The Hall–Kier alpha value is -0.220. The van der Waals surface area contributed by atoms with Crippen LogP contribution in [0.15, 0.2) is 0 Å². The number of likely N-dealkylation sites (tertiary alicyclic amines) is 1. The molecular formula is C8H15NO2S. The molecular weight excluding hydrogens is 174 g/mol. The van der Waals surface area contributed by atoms with Gasteiger partial charge in [0.05, 0.1) is 0 Å². The maximum absolute atomic E-state index is 10.7. The molecule has 0 amide bonds. The molecule has 0 radical (unpaired) electrons. The van der Waals surface area contributed by atoms with Crippen molar-refractivity contribution in [3.05, 3.63) is 0 Å². The Morgan fingerprint density at radius 1 is 1.75 bits per heavy atom. The molecule has 1 fully saturated rings. The first-order chi connectivity index (χ1) is 5.75. The smallest absolute Gasteiger partial charge is 0.320 e. The van der Waals surface area contributed by atoms with E-state index < -0.39 is 5.97 Å². The quantitative estimate of drug-likeness (QED) is 0.713. The molecule has 1 aliphatic rings. The Morgan fingerprint density at radius 3 is 3.08 bits per heavy atom. The number of carboxylic acids is 1. The summed E-state index contributed by atoms with van der Waals surface area (Å²) < 4.78 is 0. The lowest BCUT2D eigenvalue weighted by atomic mass is 10.2. The van der Waals surface area contributed by atoms with Crippen LogP contribution in [0.2, 0.25) is 0 Å². The highest BCUT2D eigenvalue weighted by Crippen LogP contribution is 2.17. The summed E-state index contributed by atoms with van der Waals surface area (Å²) in [5, 5.41) is 8.83. The van der Waals surface area contributed by atoms with Crippen LogP contribution in [0.1, 0.15) is 12.8 Å². The summed E-state index contributed by atoms with van der Waals surface area (Å²) in [4.78, 5) is 12.8. The third-order valence-corrected chi connectivity index (χ3v) is 2.82. The highest BCUT2D eigenvalue weighted by Gasteiger charge is 2.29. The van der Waals surface area contributed by atoms with Gasteiger partial charge in [-0.05, 0) is 25.6 Å². The van der Waals surface area contributed by atoms with E-state index in [1.807, 2.05) is 6.26 Å². The van der Waals surface area contributed by atoms with Crippen LogP contribution in [0.3, 0.4) is 0 Å². The number of hydrogen-bond acceptors (Lipinski definition) is 3. The fourth-order valence-corrected chi connectivity index (χ4v) is 2.00. The molecule has 3 nitrogen and oxygen atoms in total. The maximum atomic E-state index is 10.7. The number of hydrogen-bond donors (Lipinski definition) is 1. The number of nitrogens with zero attached hydrogens (tertiary/aromatic N) is 1. The third kappa shape index (κ3) is 2.38. The van der Waals surface area contributed by atoms with Gasteiger partial charge in [-0.25, -0.2) is 0 Å². The summed E-state index contributed by atoms with van der Waals surface area (Å²) in [5.74, 6) is 0.373. The summed E-state index contributed by atoms with van der Waals surface area (Å²) in [6.45, 7) is 1.87. The van der Waals surface area contributed by atoms with E-state index in [1.54, 1.807) is 11.8 Å². The molecule has 1 aliphatic heterocycles. The van der Waals surface area contributed by atoms with Crippen molar-refractivity contribution < 1.29 is 9.90 Å². The van der Waals surface area contributed by atoms with E-state index >= 15 is 0 Å². The SMILES string of the molecule is CSCCN1CCCC1C(=O)O. The zero-order valence-electron chi connectivity index (χ0n) is 7.32. The largest absolute Gasteiger partial charge is 0.480 e. The van der Waals surface area contributed by atoms with Gasteiger partial charge in [0.25, 0.3) is 0 Å². The van der Waals surface area contributed by atoms with Crippen molar-refractivity contribution in [2.75, 3.05) is 25.1 Å². The molecule has 1 atom stereocenters. The van der Waals surface area contributed by atoms with Gasteiger partial charge in [-0.3, -0.25) is 9.69 Å². The first-order valence-corrected chi connectivity index (χ1v) is 5.61. The molecule has 70 valence electrons. The minimum Gasteiger partial charge on any atom is -0.480 e. The molecule has 1 saturated heterocycles. The van der Waals surface area contributed by atoms with Crippen molar-refractivity contribution in [3.63, 3.8) is 0 Å². The van der Waals surface area contributed by atoms with E-state index in [4.69, 9.17) is 5.11 Å². The number of aliphatic carboxylic acids is 1. The van der Waals surface area contributed by atoms with Crippen LogP contribution in [-0.4, -0.2) is 47.1 Å². The minimum atomic E-state index is -0.659. The van der Waals surface area contributed by atoms with Crippen LogP contribution in [-0.2, 0) is 4.79 Å². The molecule has 1 rings (SSSR count). The van der Waals surface area contributed by atoms with Crippen molar-refractivity contribution in [2.24, 2.45) is 0 Å². The second-order valence-electron chi connectivity index (χ2n) is 3.03. The fourth-order valence-electron chi connectivity index (χ4n) is 1.58. The predicted molar refractivity (Wildman–Crippen MR) is 50.6 cm³/mol. The van der Waals surface area contributed by atoms with E-state index in [9.17, 15) is 4.79 Å². The van der Waals surface area contributed by atoms with Gasteiger partial charge in [0.15, 0.2) is 0 Å². The molecule has 0 aromatic heterocycles. The van der Waals surface area contributed by atoms with Crippen LogP contribution >= 0.6 is 11.8 Å². The van der Waals surface area contributed by atoms with Gasteiger partial charge in [0, 0.05) is 12.3 Å². The average Bonchev–Trinajstić information content (AvgIpc) is 2.48. The first-order valence-electron chi connectivity index (χ1n) is 4.21. The van der Waals surface area contributed by atoms with Gasteiger partial charge in [-0.15, -0.1) is 0 Å². The van der Waals surface area contributed by atoms with Crippen molar-refractivity contribution in [1.29, 1.82) is 0 Å². The highest BCUT2D eigenvalue weighted by molar-refractivity contribution is 7.98. The van der Waals surface area contributed by atoms with Crippen LogP contribution in [0.5, 0.6) is 0 Å². The van der Waals surface area contributed by atoms with Gasteiger partial charge < -0.3 is 5.11 Å². The molecule has 12 heavy (non-hydrogen) atoms. The molecule has 4 heteroatoms. The van der Waals surface area contributed by atoms with Crippen LogP contribution in [0.4, 0.5) is 0 Å². The van der Waals surface area contributed by atoms with E-state index in [1.165, 1.54) is 0 Å². The molecule has 0 spiro atoms. The fraction of sp³-hybridized carbons (Fsp3) is 0.875. The number of thioether (sulfide) groups is 1. The molecule has 0 aliphatic carbocycles. The van der Waals surface area contributed by atoms with Gasteiger partial charge in [0.1, 0.15) is 6.04 Å². The number of carbonyl (C=O) groups is 1. The molecule has 0 saturated carbocycles. The van der Waals surface area contributed by atoms with E-state index in [0.717, 1.165) is 31.7 Å². The molecule has 0 bridgehead atoms. The Kier molecular flexibility index (Phi) is 3.88. The Morgan fingerprint density at radius 2 is 2.50 bits per heavy atom. The van der Waals surface area contributed by atoms with Crippen molar-refractivity contribution in [3.8, 4) is 0 Å². The van der Waals surface area contributed by atoms with Crippen LogP contribution < -0.4 is 0 Å². The summed E-state index contributed by atoms with van der Waals surface area (Å²) >= 11 is 1.77. The summed E-state index contributed by atoms with van der Waals surface area (Å²) in [5.41, 5.74) is 0. The van der Waals surface area contributed by atoms with E-state index in [-0.39, 0.29) is 6.04 Å². The number of rotatable bonds is 4. The molecule has 1 heterocycles. The minimum absolute atomic E-state index is 0.211. The summed E-state index contributed by atoms with van der Waals surface area (Å²) in [6.07, 6.45) is 3.90. The first kappa shape index (κ1) is 9.86. The zero-order valence-corrected chi connectivity index (χ0v) is 8.14. The normalized spacial score (nSPS) is 24.6. The van der Waals surface area contributed by atoms with Gasteiger partial charge in [0.2, 0.25) is 0 Å². The lowest BCUT2D eigenvalue weighted by Crippen LogP contribution is -2.37. The standard InChI is InChI=1S/C8H15NO2S/c1-12-6-5-9-4-2-3-7(9)8(10)11/h7H,2-6H2,1H3,(H,10,11). The van der Waals surface area contributed by atoms with Crippen LogP contribution in [0, 0.1) is 0 Å². The van der Waals surface area contributed by atoms with Gasteiger partial charge >= 0.3 is 5.97 Å². The Bertz CT molecular complexity index is 163. The third-order valence-electron chi connectivity index (χ3n) is 2.23. The van der Waals surface area contributed by atoms with Crippen molar-refractivity contribution in [1.82, 2.24) is 4.90 Å². The predicted octanol–water partition coefficient (Wildman–Crippen LogP) is 0.898. The second-order valence-corrected chi connectivity index (χ2v) is 4.01. The van der Waals surface area contributed by atoms with Gasteiger partial charge in [-0.1, -0.05) is 0 Å². The lowest BCUT2D eigenvalue weighted by molar-refractivity contribution is -0.142. The zero-order chi connectivity index (χ0) is 8.97. The maximum Gasteiger partial charge on any atom is 0.320 e. The second kappa shape index (κ2) is 4.72. The Balaban J connectivity index is 2.35. The molecule has 1 N–H and O–H groups in total. The molecule has 1 unspecified atom stereocenters. The topological polar surface area (TPSA) is 40.5 Å². The van der Waals surface area contributed by atoms with Gasteiger partial charge in [-0.2, -0.15) is 11.8 Å². The van der Waals surface area contributed by atoms with Crippen molar-refractivity contribution >= 4 is 17.7 Å². The average molecular weight is 189 g/mol. The van der Waals surface area contributed by atoms with E-state index in [0.29, 0.717) is 0 Å². The summed E-state index contributed by atoms with van der Waals surface area (Å²) in [6, 6.07) is -0.211. The molecule has 0 aromatic carbocycles. The highest BCUT2D eigenvalue weighted by atomic mass is 32.2. The van der Waals surface area contributed by atoms with Crippen LogP contribution in [0.25, 0.3) is 0 Å². The van der Waals surface area contributed by atoms with Crippen molar-refractivity contribution in [2.45, 2.75) is 18.9 Å². The van der Waals surface area contributed by atoms with E-state index in [2.05, 4.69) is 4.90 Å².